The second-order valence-electron chi connectivity index (χ2n) is 4.33. The van der Waals surface area contributed by atoms with Gasteiger partial charge in [0.2, 0.25) is 0 Å². The maximum absolute atomic E-state index is 5.13. The molecule has 0 saturated heterocycles. The summed E-state index contributed by atoms with van der Waals surface area (Å²) in [5, 5.41) is 3.63. The van der Waals surface area contributed by atoms with Gasteiger partial charge in [0.15, 0.2) is 0 Å². The van der Waals surface area contributed by atoms with E-state index in [2.05, 4.69) is 31.0 Å². The zero-order valence-corrected chi connectivity index (χ0v) is 11.6. The molecule has 0 fully saturated rings. The molecule has 0 aliphatic rings. The molecule has 3 nitrogen and oxygen atoms in total. The van der Waals surface area contributed by atoms with Gasteiger partial charge in [0.25, 0.3) is 0 Å². The Bertz CT molecular complexity index is 142. The Morgan fingerprint density at radius 3 is 2.44 bits per heavy atom. The highest BCUT2D eigenvalue weighted by Gasteiger charge is 2.11. The second-order valence-corrected chi connectivity index (χ2v) is 4.33. The Labute approximate surface area is 102 Å². The van der Waals surface area contributed by atoms with E-state index >= 15 is 0 Å². The van der Waals surface area contributed by atoms with Gasteiger partial charge in [-0.25, -0.2) is 0 Å². The molecule has 0 heterocycles. The lowest BCUT2D eigenvalue weighted by Crippen LogP contribution is -2.42. The molecule has 0 saturated carbocycles. The van der Waals surface area contributed by atoms with E-state index in [0.717, 1.165) is 32.8 Å². The molecule has 0 aromatic rings. The Hall–Kier alpha value is -0.120. The topological polar surface area (TPSA) is 24.5 Å². The monoisotopic (exact) mass is 230 g/mol. The van der Waals surface area contributed by atoms with Crippen LogP contribution in [0.15, 0.2) is 0 Å². The lowest BCUT2D eigenvalue weighted by Gasteiger charge is -2.26. The summed E-state index contributed by atoms with van der Waals surface area (Å²) in [5.41, 5.74) is 0. The minimum atomic E-state index is 0.641. The summed E-state index contributed by atoms with van der Waals surface area (Å²) in [7, 11) is 1.77. The largest absolute Gasteiger partial charge is 0.383 e. The first-order valence-electron chi connectivity index (χ1n) is 6.73. The van der Waals surface area contributed by atoms with Gasteiger partial charge in [0, 0.05) is 26.2 Å². The maximum Gasteiger partial charge on any atom is 0.0589 e. The molecule has 1 unspecified atom stereocenters. The van der Waals surface area contributed by atoms with Gasteiger partial charge >= 0.3 is 0 Å². The molecule has 0 aliphatic carbocycles. The fraction of sp³-hybridized carbons (Fsp3) is 1.00. The van der Waals surface area contributed by atoms with Gasteiger partial charge < -0.3 is 10.1 Å². The van der Waals surface area contributed by atoms with Crippen LogP contribution in [0.5, 0.6) is 0 Å². The van der Waals surface area contributed by atoms with Gasteiger partial charge in [-0.15, -0.1) is 0 Å². The van der Waals surface area contributed by atoms with Crippen LogP contribution < -0.4 is 5.32 Å². The zero-order valence-electron chi connectivity index (χ0n) is 11.6. The van der Waals surface area contributed by atoms with Crippen LogP contribution in [0.25, 0.3) is 0 Å². The summed E-state index contributed by atoms with van der Waals surface area (Å²) in [6.45, 7) is 12.0. The van der Waals surface area contributed by atoms with E-state index in [1.165, 1.54) is 19.3 Å². The summed E-state index contributed by atoms with van der Waals surface area (Å²) >= 11 is 0. The normalized spacial score (nSPS) is 13.3. The number of nitrogens with zero attached hydrogens (tertiary/aromatic N) is 1. The average molecular weight is 230 g/mol. The highest BCUT2D eigenvalue weighted by atomic mass is 16.5. The van der Waals surface area contributed by atoms with E-state index in [1.54, 1.807) is 7.11 Å². The van der Waals surface area contributed by atoms with Crippen molar-refractivity contribution in [2.24, 2.45) is 0 Å². The van der Waals surface area contributed by atoms with Crippen LogP contribution in [-0.2, 0) is 4.74 Å². The molecule has 0 aromatic carbocycles. The SMILES string of the molecule is CCCNC(CCC)CN(CC)CCOC. The van der Waals surface area contributed by atoms with Gasteiger partial charge in [-0.05, 0) is 25.9 Å². The molecule has 98 valence electrons. The molecule has 0 aliphatic heterocycles. The highest BCUT2D eigenvalue weighted by Crippen LogP contribution is 2.01. The van der Waals surface area contributed by atoms with E-state index in [0.29, 0.717) is 6.04 Å². The van der Waals surface area contributed by atoms with Crippen LogP contribution in [-0.4, -0.2) is 50.8 Å². The number of ether oxygens (including phenoxy) is 1. The minimum Gasteiger partial charge on any atom is -0.383 e. The van der Waals surface area contributed by atoms with Gasteiger partial charge in [-0.2, -0.15) is 0 Å². The fourth-order valence-electron chi connectivity index (χ4n) is 1.87. The van der Waals surface area contributed by atoms with Gasteiger partial charge in [0.05, 0.1) is 6.61 Å². The van der Waals surface area contributed by atoms with Crippen molar-refractivity contribution in [3.05, 3.63) is 0 Å². The Balaban J connectivity index is 3.90. The van der Waals surface area contributed by atoms with Crippen LogP contribution in [0.3, 0.4) is 0 Å². The summed E-state index contributed by atoms with van der Waals surface area (Å²) in [5.74, 6) is 0. The molecule has 0 aromatic heterocycles. The molecule has 0 spiro atoms. The van der Waals surface area contributed by atoms with E-state index in [-0.39, 0.29) is 0 Å². The Morgan fingerprint density at radius 2 is 1.94 bits per heavy atom. The third-order valence-electron chi connectivity index (χ3n) is 2.86. The molecule has 0 amide bonds. The van der Waals surface area contributed by atoms with Crippen molar-refractivity contribution in [3.63, 3.8) is 0 Å². The van der Waals surface area contributed by atoms with Crippen molar-refractivity contribution in [2.75, 3.05) is 39.9 Å². The first-order valence-corrected chi connectivity index (χ1v) is 6.73. The van der Waals surface area contributed by atoms with Crippen molar-refractivity contribution in [3.8, 4) is 0 Å². The van der Waals surface area contributed by atoms with E-state index in [4.69, 9.17) is 4.74 Å². The summed E-state index contributed by atoms with van der Waals surface area (Å²) in [6, 6.07) is 0.641. The fourth-order valence-corrected chi connectivity index (χ4v) is 1.87. The van der Waals surface area contributed by atoms with Crippen molar-refractivity contribution in [1.82, 2.24) is 10.2 Å². The average Bonchev–Trinajstić information content (AvgIpc) is 2.31. The molecule has 1 N–H and O–H groups in total. The van der Waals surface area contributed by atoms with Crippen LogP contribution in [0.1, 0.15) is 40.0 Å². The van der Waals surface area contributed by atoms with Crippen molar-refractivity contribution in [1.29, 1.82) is 0 Å². The first kappa shape index (κ1) is 15.9. The number of hydrogen-bond donors (Lipinski definition) is 1. The smallest absolute Gasteiger partial charge is 0.0589 e. The lowest BCUT2D eigenvalue weighted by molar-refractivity contribution is 0.143. The van der Waals surface area contributed by atoms with Crippen LogP contribution in [0, 0.1) is 0 Å². The molecule has 0 bridgehead atoms. The molecule has 1 atom stereocenters. The van der Waals surface area contributed by atoms with E-state index < -0.39 is 0 Å². The third kappa shape index (κ3) is 8.08. The van der Waals surface area contributed by atoms with Crippen molar-refractivity contribution >= 4 is 0 Å². The molecule has 16 heavy (non-hydrogen) atoms. The summed E-state index contributed by atoms with van der Waals surface area (Å²) < 4.78 is 5.13. The molecule has 0 radical (unpaired) electrons. The zero-order chi connectivity index (χ0) is 12.2. The minimum absolute atomic E-state index is 0.641. The quantitative estimate of drug-likeness (QED) is 0.588. The maximum atomic E-state index is 5.13. The molecule has 0 rings (SSSR count). The molecular formula is C13H30N2O. The second kappa shape index (κ2) is 11.4. The van der Waals surface area contributed by atoms with Gasteiger partial charge in [-0.3, -0.25) is 4.90 Å². The standard InChI is InChI=1S/C13H30N2O/c1-5-8-13(14-9-6-2)12-15(7-3)10-11-16-4/h13-14H,5-12H2,1-4H3. The van der Waals surface area contributed by atoms with E-state index in [9.17, 15) is 0 Å². The lowest BCUT2D eigenvalue weighted by atomic mass is 10.1. The number of nitrogens with one attached hydrogen (secondary N) is 1. The Morgan fingerprint density at radius 1 is 1.19 bits per heavy atom. The molecule has 3 heteroatoms. The van der Waals surface area contributed by atoms with Gasteiger partial charge in [-0.1, -0.05) is 27.2 Å². The summed E-state index contributed by atoms with van der Waals surface area (Å²) in [6.07, 6.45) is 3.73. The molecular weight excluding hydrogens is 200 g/mol. The number of rotatable bonds is 11. The predicted molar refractivity (Wildman–Crippen MR) is 71.0 cm³/mol. The van der Waals surface area contributed by atoms with Crippen LogP contribution in [0.2, 0.25) is 0 Å². The Kier molecular flexibility index (Phi) is 11.3. The third-order valence-corrected chi connectivity index (χ3v) is 2.86. The van der Waals surface area contributed by atoms with Crippen LogP contribution >= 0.6 is 0 Å². The predicted octanol–water partition coefficient (Wildman–Crippen LogP) is 2.12. The first-order chi connectivity index (χ1) is 7.78. The number of hydrogen-bond acceptors (Lipinski definition) is 3. The summed E-state index contributed by atoms with van der Waals surface area (Å²) in [4.78, 5) is 2.46. The number of likely N-dealkylation sites (N-methyl/N-ethyl adjacent to an activating group) is 1. The van der Waals surface area contributed by atoms with E-state index in [1.807, 2.05) is 0 Å². The van der Waals surface area contributed by atoms with Gasteiger partial charge in [0.1, 0.15) is 0 Å². The highest BCUT2D eigenvalue weighted by molar-refractivity contribution is 4.71. The van der Waals surface area contributed by atoms with Crippen molar-refractivity contribution in [2.45, 2.75) is 46.1 Å². The van der Waals surface area contributed by atoms with Crippen LogP contribution in [0.4, 0.5) is 0 Å². The number of methoxy groups -OCH3 is 1. The van der Waals surface area contributed by atoms with Crippen molar-refractivity contribution < 1.29 is 4.74 Å².